The molecule has 2 heterocycles. The summed E-state index contributed by atoms with van der Waals surface area (Å²) >= 11 is 2.77. The van der Waals surface area contributed by atoms with Gasteiger partial charge in [0.25, 0.3) is 0 Å². The van der Waals surface area contributed by atoms with Crippen LogP contribution in [-0.2, 0) is 11.3 Å². The molecule has 0 saturated carbocycles. The first-order chi connectivity index (χ1) is 16.4. The Morgan fingerprint density at radius 3 is 2.50 bits per heavy atom. The molecule has 4 rings (SSSR count). The number of aromatic nitrogens is 3. The van der Waals surface area contributed by atoms with Gasteiger partial charge < -0.3 is 9.88 Å². The topological polar surface area (TPSA) is 59.8 Å². The van der Waals surface area contributed by atoms with E-state index in [0.29, 0.717) is 23.1 Å². The predicted molar refractivity (Wildman–Crippen MR) is 132 cm³/mol. The molecule has 0 aliphatic carbocycles. The van der Waals surface area contributed by atoms with E-state index in [2.05, 4.69) is 29.4 Å². The molecule has 0 saturated heterocycles. The summed E-state index contributed by atoms with van der Waals surface area (Å²) in [5, 5.41) is 14.0. The Morgan fingerprint density at radius 1 is 1.06 bits per heavy atom. The smallest absolute Gasteiger partial charge is 0.231 e. The maximum atomic E-state index is 14.4. The summed E-state index contributed by atoms with van der Waals surface area (Å²) in [5.74, 6) is -0.0672. The number of carbonyl (C=O) groups is 1. The van der Waals surface area contributed by atoms with Gasteiger partial charge >= 0.3 is 0 Å². The van der Waals surface area contributed by atoms with Crippen molar-refractivity contribution in [3.8, 4) is 11.4 Å². The van der Waals surface area contributed by atoms with Crippen LogP contribution in [-0.4, -0.2) is 26.4 Å². The van der Waals surface area contributed by atoms with E-state index in [4.69, 9.17) is 0 Å². The van der Waals surface area contributed by atoms with Crippen LogP contribution in [0.4, 0.5) is 8.78 Å². The summed E-state index contributed by atoms with van der Waals surface area (Å²) < 4.78 is 29.7. The highest BCUT2D eigenvalue weighted by Crippen LogP contribution is 2.29. The van der Waals surface area contributed by atoms with E-state index in [1.165, 1.54) is 41.3 Å². The lowest BCUT2D eigenvalue weighted by atomic mass is 10.1. The van der Waals surface area contributed by atoms with Crippen LogP contribution in [0.5, 0.6) is 0 Å². The van der Waals surface area contributed by atoms with Gasteiger partial charge in [-0.3, -0.25) is 4.79 Å². The molecule has 0 spiro atoms. The minimum absolute atomic E-state index is 0.108. The first-order valence-corrected chi connectivity index (χ1v) is 12.7. The molecule has 4 aromatic rings. The number of amides is 1. The Kier molecular flexibility index (Phi) is 7.74. The lowest BCUT2D eigenvalue weighted by molar-refractivity contribution is -0.119. The number of rotatable bonds is 9. The Labute approximate surface area is 205 Å². The van der Waals surface area contributed by atoms with Gasteiger partial charge in [-0.05, 0) is 47.2 Å². The third kappa shape index (κ3) is 5.71. The highest BCUT2D eigenvalue weighted by Gasteiger charge is 2.21. The molecular weight excluding hydrogens is 474 g/mol. The van der Waals surface area contributed by atoms with Crippen molar-refractivity contribution in [2.45, 2.75) is 31.6 Å². The Hall–Kier alpha value is -3.04. The second kappa shape index (κ2) is 10.9. The summed E-state index contributed by atoms with van der Waals surface area (Å²) in [5.41, 5.74) is 1.17. The molecule has 0 fully saturated rings. The molecule has 0 aliphatic heterocycles. The average Bonchev–Trinajstić information content (AvgIpc) is 3.47. The van der Waals surface area contributed by atoms with Gasteiger partial charge in [-0.2, -0.15) is 0 Å². The van der Waals surface area contributed by atoms with Crippen LogP contribution >= 0.6 is 23.1 Å². The van der Waals surface area contributed by atoms with Crippen LogP contribution in [0.1, 0.15) is 30.3 Å². The third-order valence-electron chi connectivity index (χ3n) is 5.05. The summed E-state index contributed by atoms with van der Waals surface area (Å²) in [6, 6.07) is 16.0. The van der Waals surface area contributed by atoms with E-state index in [0.717, 1.165) is 10.4 Å². The summed E-state index contributed by atoms with van der Waals surface area (Å²) in [6.07, 6.45) is 0. The zero-order valence-electron chi connectivity index (χ0n) is 18.7. The van der Waals surface area contributed by atoms with Crippen molar-refractivity contribution in [3.63, 3.8) is 0 Å². The van der Waals surface area contributed by atoms with Gasteiger partial charge in [-0.1, -0.05) is 55.9 Å². The quantitative estimate of drug-likeness (QED) is 0.290. The van der Waals surface area contributed by atoms with E-state index < -0.39 is 0 Å². The number of hydrogen-bond donors (Lipinski definition) is 1. The molecule has 0 radical (unpaired) electrons. The molecule has 0 bridgehead atoms. The molecule has 2 aromatic carbocycles. The molecule has 1 amide bonds. The van der Waals surface area contributed by atoms with Crippen molar-refractivity contribution in [2.75, 3.05) is 5.75 Å². The number of benzene rings is 2. The van der Waals surface area contributed by atoms with Crippen LogP contribution in [0, 0.1) is 17.6 Å². The number of carbonyl (C=O) groups excluding carboxylic acids is 1. The molecule has 1 N–H and O–H groups in total. The lowest BCUT2D eigenvalue weighted by Gasteiger charge is -2.18. The normalized spacial score (nSPS) is 12.1. The van der Waals surface area contributed by atoms with Crippen molar-refractivity contribution in [2.24, 2.45) is 5.92 Å². The van der Waals surface area contributed by atoms with Crippen molar-refractivity contribution in [3.05, 3.63) is 88.1 Å². The van der Waals surface area contributed by atoms with Crippen molar-refractivity contribution < 1.29 is 13.6 Å². The fourth-order valence-corrected chi connectivity index (χ4v) is 5.09. The van der Waals surface area contributed by atoms with Gasteiger partial charge in [0, 0.05) is 11.4 Å². The van der Waals surface area contributed by atoms with E-state index in [1.54, 1.807) is 30.3 Å². The molecule has 1 unspecified atom stereocenters. The molecule has 9 heteroatoms. The van der Waals surface area contributed by atoms with Crippen LogP contribution in [0.15, 0.2) is 71.2 Å². The summed E-state index contributed by atoms with van der Waals surface area (Å²) in [4.78, 5) is 13.9. The average molecular weight is 499 g/mol. The fraction of sp³-hybridized carbons (Fsp3) is 0.240. The van der Waals surface area contributed by atoms with Gasteiger partial charge in [0.2, 0.25) is 5.91 Å². The van der Waals surface area contributed by atoms with Gasteiger partial charge in [0.05, 0.1) is 17.4 Å². The molecule has 5 nitrogen and oxygen atoms in total. The highest BCUT2D eigenvalue weighted by atomic mass is 32.2. The SMILES string of the molecule is CC(C)Cn1c(SCC(=O)NC(c2ccc(F)cc2)c2cccs2)nnc1-c1ccccc1F. The van der Waals surface area contributed by atoms with Crippen molar-refractivity contribution in [1.82, 2.24) is 20.1 Å². The Bertz CT molecular complexity index is 1240. The van der Waals surface area contributed by atoms with Gasteiger partial charge in [-0.25, -0.2) is 8.78 Å². The minimum Gasteiger partial charge on any atom is -0.344 e. The van der Waals surface area contributed by atoms with Gasteiger partial charge in [-0.15, -0.1) is 21.5 Å². The number of nitrogens with zero attached hydrogens (tertiary/aromatic N) is 3. The van der Waals surface area contributed by atoms with E-state index in [-0.39, 0.29) is 35.3 Å². The largest absolute Gasteiger partial charge is 0.344 e. The number of halogens is 2. The van der Waals surface area contributed by atoms with E-state index in [9.17, 15) is 13.6 Å². The van der Waals surface area contributed by atoms with E-state index in [1.807, 2.05) is 22.1 Å². The van der Waals surface area contributed by atoms with Crippen LogP contribution in [0.3, 0.4) is 0 Å². The first kappa shape index (κ1) is 24.1. The summed E-state index contributed by atoms with van der Waals surface area (Å²) in [7, 11) is 0. The minimum atomic E-state index is -0.379. The molecule has 2 aromatic heterocycles. The van der Waals surface area contributed by atoms with Crippen LogP contribution < -0.4 is 5.32 Å². The Morgan fingerprint density at radius 2 is 1.82 bits per heavy atom. The second-order valence-corrected chi connectivity index (χ2v) is 10.1. The number of thiophene rings is 1. The first-order valence-electron chi connectivity index (χ1n) is 10.8. The lowest BCUT2D eigenvalue weighted by Crippen LogP contribution is -2.30. The zero-order valence-corrected chi connectivity index (χ0v) is 20.4. The molecular formula is C25H24F2N4OS2. The molecule has 0 aliphatic rings. The van der Waals surface area contributed by atoms with Crippen molar-refractivity contribution >= 4 is 29.0 Å². The van der Waals surface area contributed by atoms with Crippen LogP contribution in [0.2, 0.25) is 0 Å². The number of thioether (sulfide) groups is 1. The monoisotopic (exact) mass is 498 g/mol. The third-order valence-corrected chi connectivity index (χ3v) is 6.95. The predicted octanol–water partition coefficient (Wildman–Crippen LogP) is 5.94. The van der Waals surface area contributed by atoms with E-state index >= 15 is 0 Å². The van der Waals surface area contributed by atoms with Gasteiger partial charge in [0.1, 0.15) is 11.6 Å². The second-order valence-electron chi connectivity index (χ2n) is 8.15. The van der Waals surface area contributed by atoms with Crippen LogP contribution in [0.25, 0.3) is 11.4 Å². The molecule has 34 heavy (non-hydrogen) atoms. The summed E-state index contributed by atoms with van der Waals surface area (Å²) in [6.45, 7) is 4.70. The molecule has 176 valence electrons. The number of hydrogen-bond acceptors (Lipinski definition) is 5. The maximum absolute atomic E-state index is 14.4. The van der Waals surface area contributed by atoms with Gasteiger partial charge in [0.15, 0.2) is 11.0 Å². The van der Waals surface area contributed by atoms with Crippen molar-refractivity contribution in [1.29, 1.82) is 0 Å². The molecule has 1 atom stereocenters. The highest BCUT2D eigenvalue weighted by molar-refractivity contribution is 7.99. The fourth-order valence-electron chi connectivity index (χ4n) is 3.53. The standard InChI is InChI=1S/C25H24F2N4OS2/c1-16(2)14-31-24(19-6-3-4-7-20(19)27)29-30-25(31)34-15-22(32)28-23(21-8-5-13-33-21)17-9-11-18(26)12-10-17/h3-13,16,23H,14-15H2,1-2H3,(H,28,32). The zero-order chi connectivity index (χ0) is 24.1. The number of nitrogens with one attached hydrogen (secondary N) is 1. The Balaban J connectivity index is 1.52. The maximum Gasteiger partial charge on any atom is 0.231 e.